The fraction of sp³-hybridized carbons (Fsp3) is 0.286. The predicted octanol–water partition coefficient (Wildman–Crippen LogP) is 2.92. The van der Waals surface area contributed by atoms with Crippen LogP contribution in [0.1, 0.15) is 5.69 Å². The Balaban J connectivity index is 1.72. The lowest BCUT2D eigenvalue weighted by Gasteiger charge is -2.18. The van der Waals surface area contributed by atoms with Crippen LogP contribution in [-0.2, 0) is 4.74 Å². The number of halogens is 1. The van der Waals surface area contributed by atoms with Gasteiger partial charge in [-0.05, 0) is 31.2 Å². The van der Waals surface area contributed by atoms with E-state index in [2.05, 4.69) is 10.4 Å². The maximum Gasteiger partial charge on any atom is 0.190 e. The van der Waals surface area contributed by atoms with E-state index >= 15 is 0 Å². The second-order valence-electron chi connectivity index (χ2n) is 6.97. The number of aryl methyl sites for hydroxylation is 1. The average molecular weight is 448 g/mol. The molecular formula is C21H22ClN3O4S. The van der Waals surface area contributed by atoms with Gasteiger partial charge in [0.25, 0.3) is 0 Å². The Morgan fingerprint density at radius 1 is 1.10 bits per heavy atom. The third-order valence-corrected chi connectivity index (χ3v) is 6.23. The summed E-state index contributed by atoms with van der Waals surface area (Å²) in [4.78, 5) is 4.68. The zero-order valence-electron chi connectivity index (χ0n) is 16.1. The highest BCUT2D eigenvalue weighted by Crippen LogP contribution is 2.37. The number of aromatic nitrogens is 2. The van der Waals surface area contributed by atoms with E-state index in [1.807, 2.05) is 54.1 Å². The van der Waals surface area contributed by atoms with E-state index < -0.39 is 23.7 Å². The van der Waals surface area contributed by atoms with Gasteiger partial charge in [-0.25, -0.2) is 9.66 Å². The molecular weight excluding hydrogens is 426 g/mol. The molecule has 0 unspecified atom stereocenters. The zero-order valence-corrected chi connectivity index (χ0v) is 17.7. The Kier molecular flexibility index (Phi) is 6.33. The number of aliphatic hydroxyl groups excluding tert-OH is 3. The number of nitrogens with one attached hydrogen (secondary N) is 1. The van der Waals surface area contributed by atoms with Crippen molar-refractivity contribution in [3.63, 3.8) is 0 Å². The monoisotopic (exact) mass is 447 g/mol. The first-order valence-corrected chi connectivity index (χ1v) is 10.7. The fourth-order valence-electron chi connectivity index (χ4n) is 3.34. The van der Waals surface area contributed by atoms with Crippen molar-refractivity contribution < 1.29 is 20.1 Å². The maximum absolute atomic E-state index is 10.3. The first-order chi connectivity index (χ1) is 14.5. The van der Waals surface area contributed by atoms with E-state index in [9.17, 15) is 15.3 Å². The molecule has 1 aliphatic heterocycles. The molecule has 0 spiro atoms. The number of imidazole rings is 1. The van der Waals surface area contributed by atoms with Gasteiger partial charge in [0.2, 0.25) is 0 Å². The summed E-state index contributed by atoms with van der Waals surface area (Å²) < 4.78 is 7.46. The third-order valence-electron chi connectivity index (χ3n) is 4.87. The van der Waals surface area contributed by atoms with Crippen molar-refractivity contribution in [1.82, 2.24) is 9.66 Å². The van der Waals surface area contributed by atoms with E-state index in [-0.39, 0.29) is 6.61 Å². The molecule has 4 N–H and O–H groups in total. The van der Waals surface area contributed by atoms with E-state index in [1.165, 1.54) is 11.8 Å². The molecule has 1 saturated heterocycles. The molecule has 4 atom stereocenters. The molecule has 0 saturated carbocycles. The van der Waals surface area contributed by atoms with Gasteiger partial charge in [-0.2, -0.15) is 0 Å². The summed E-state index contributed by atoms with van der Waals surface area (Å²) in [6, 6.07) is 17.1. The number of anilines is 1. The molecule has 30 heavy (non-hydrogen) atoms. The summed E-state index contributed by atoms with van der Waals surface area (Å²) in [5.41, 5.74) is 5.99. The van der Waals surface area contributed by atoms with Crippen LogP contribution < -0.4 is 5.43 Å². The zero-order chi connectivity index (χ0) is 21.3. The Bertz CT molecular complexity index is 999. The Labute approximate surface area is 183 Å². The Hall–Kier alpha value is -2.07. The van der Waals surface area contributed by atoms with Crippen LogP contribution >= 0.6 is 23.4 Å². The van der Waals surface area contributed by atoms with E-state index in [0.29, 0.717) is 10.2 Å². The number of aliphatic hydroxyl groups is 3. The van der Waals surface area contributed by atoms with Crippen molar-refractivity contribution in [1.29, 1.82) is 0 Å². The molecule has 9 heteroatoms. The summed E-state index contributed by atoms with van der Waals surface area (Å²) in [6.07, 6.45) is -3.14. The summed E-state index contributed by atoms with van der Waals surface area (Å²) in [5, 5.41) is 31.0. The molecule has 158 valence electrons. The number of hydrogen-bond donors (Lipinski definition) is 4. The van der Waals surface area contributed by atoms with Gasteiger partial charge in [0, 0.05) is 10.6 Å². The second kappa shape index (κ2) is 8.97. The number of hydrogen-bond acceptors (Lipinski definition) is 7. The first kappa shape index (κ1) is 21.2. The quantitative estimate of drug-likeness (QED) is 0.461. The van der Waals surface area contributed by atoms with Gasteiger partial charge in [0.1, 0.15) is 23.7 Å². The smallest absolute Gasteiger partial charge is 0.190 e. The van der Waals surface area contributed by atoms with Gasteiger partial charge < -0.3 is 20.1 Å². The maximum atomic E-state index is 10.3. The van der Waals surface area contributed by atoms with Gasteiger partial charge in [-0.1, -0.05) is 53.7 Å². The van der Waals surface area contributed by atoms with E-state index in [0.717, 1.165) is 22.6 Å². The van der Waals surface area contributed by atoms with Crippen LogP contribution in [-0.4, -0.2) is 55.3 Å². The van der Waals surface area contributed by atoms with Crippen LogP contribution in [0.2, 0.25) is 5.02 Å². The summed E-state index contributed by atoms with van der Waals surface area (Å²) in [7, 11) is 0. The molecule has 2 aromatic carbocycles. The predicted molar refractivity (Wildman–Crippen MR) is 116 cm³/mol. The fourth-order valence-corrected chi connectivity index (χ4v) is 4.61. The molecule has 0 bridgehead atoms. The highest BCUT2D eigenvalue weighted by atomic mass is 35.5. The van der Waals surface area contributed by atoms with Gasteiger partial charge in [0.15, 0.2) is 5.16 Å². The molecule has 7 nitrogen and oxygen atoms in total. The SMILES string of the molecule is Cc1nc(S[C@@H]2O[C@H](CO)[C@@H](O)[C@H]2O)n(Nc2ccc(Cl)cc2)c1-c1ccccc1. The molecule has 2 heterocycles. The minimum absolute atomic E-state index is 0.374. The lowest BCUT2D eigenvalue weighted by molar-refractivity contribution is -0.00811. The van der Waals surface area contributed by atoms with Gasteiger partial charge in [-0.15, -0.1) is 0 Å². The number of nitrogens with zero attached hydrogens (tertiary/aromatic N) is 2. The topological polar surface area (TPSA) is 99.8 Å². The lowest BCUT2D eigenvalue weighted by Crippen LogP contribution is -2.33. The number of ether oxygens (including phenoxy) is 1. The minimum atomic E-state index is -1.16. The minimum Gasteiger partial charge on any atom is -0.394 e. The van der Waals surface area contributed by atoms with Crippen LogP contribution in [0.3, 0.4) is 0 Å². The van der Waals surface area contributed by atoms with Gasteiger partial charge in [0.05, 0.1) is 23.7 Å². The number of thioether (sulfide) groups is 1. The second-order valence-corrected chi connectivity index (χ2v) is 8.47. The van der Waals surface area contributed by atoms with Crippen molar-refractivity contribution in [3.8, 4) is 11.3 Å². The highest BCUT2D eigenvalue weighted by molar-refractivity contribution is 7.99. The van der Waals surface area contributed by atoms with Crippen molar-refractivity contribution in [2.24, 2.45) is 0 Å². The Morgan fingerprint density at radius 3 is 2.43 bits per heavy atom. The molecule has 3 aromatic rings. The van der Waals surface area contributed by atoms with Gasteiger partial charge in [-0.3, -0.25) is 5.43 Å². The van der Waals surface area contributed by atoms with Gasteiger partial charge >= 0.3 is 0 Å². The summed E-state index contributed by atoms with van der Waals surface area (Å²) in [5.74, 6) is 0. The van der Waals surface area contributed by atoms with Crippen LogP contribution in [0.5, 0.6) is 0 Å². The third kappa shape index (κ3) is 4.20. The normalized spacial score (nSPS) is 23.6. The summed E-state index contributed by atoms with van der Waals surface area (Å²) in [6.45, 7) is 1.53. The lowest BCUT2D eigenvalue weighted by atomic mass is 10.1. The van der Waals surface area contributed by atoms with Crippen LogP contribution in [0, 0.1) is 6.92 Å². The summed E-state index contributed by atoms with van der Waals surface area (Å²) >= 11 is 7.19. The van der Waals surface area contributed by atoms with Crippen molar-refractivity contribution >= 4 is 29.1 Å². The van der Waals surface area contributed by atoms with Crippen molar-refractivity contribution in [3.05, 3.63) is 65.3 Å². The molecule has 0 radical (unpaired) electrons. The largest absolute Gasteiger partial charge is 0.394 e. The number of benzene rings is 2. The molecule has 1 aromatic heterocycles. The van der Waals surface area contributed by atoms with Crippen LogP contribution in [0.25, 0.3) is 11.3 Å². The molecule has 1 fully saturated rings. The van der Waals surface area contributed by atoms with Crippen molar-refractivity contribution in [2.75, 3.05) is 12.0 Å². The number of rotatable bonds is 6. The average Bonchev–Trinajstić information content (AvgIpc) is 3.20. The molecule has 4 rings (SSSR count). The Morgan fingerprint density at radius 2 is 1.80 bits per heavy atom. The first-order valence-electron chi connectivity index (χ1n) is 9.44. The van der Waals surface area contributed by atoms with E-state index in [4.69, 9.17) is 16.3 Å². The van der Waals surface area contributed by atoms with Crippen LogP contribution in [0.4, 0.5) is 5.69 Å². The highest BCUT2D eigenvalue weighted by Gasteiger charge is 2.43. The van der Waals surface area contributed by atoms with E-state index in [1.54, 1.807) is 12.1 Å². The van der Waals surface area contributed by atoms with Crippen molar-refractivity contribution in [2.45, 2.75) is 35.8 Å². The molecule has 0 aliphatic carbocycles. The standard InChI is InChI=1S/C21H22ClN3O4S/c1-12-17(13-5-3-2-4-6-13)25(24-15-9-7-14(22)8-10-15)21(23-12)30-20-19(28)18(27)16(11-26)29-20/h2-10,16,18-20,24,26-28H,11H2,1H3/t16-,18-,19-,20+/m1/s1. The molecule has 0 amide bonds. The molecule has 1 aliphatic rings. The van der Waals surface area contributed by atoms with Crippen LogP contribution in [0.15, 0.2) is 59.8 Å².